The lowest BCUT2D eigenvalue weighted by atomic mass is 9.98. The Morgan fingerprint density at radius 3 is 2.50 bits per heavy atom. The number of ether oxygens (including phenoxy) is 3. The molecule has 1 amide bonds. The van der Waals surface area contributed by atoms with Gasteiger partial charge in [-0.25, -0.2) is 9.59 Å². The maximum absolute atomic E-state index is 13.5. The van der Waals surface area contributed by atoms with E-state index in [0.29, 0.717) is 28.7 Å². The monoisotopic (exact) mass is 462 g/mol. The van der Waals surface area contributed by atoms with Crippen molar-refractivity contribution in [3.05, 3.63) is 65.4 Å². The summed E-state index contributed by atoms with van der Waals surface area (Å²) in [5.41, 5.74) is 1.90. The second kappa shape index (κ2) is 7.99. The number of fused-ring (bicyclic) bond motifs is 5. The van der Waals surface area contributed by atoms with E-state index in [4.69, 9.17) is 14.2 Å². The molecule has 0 saturated carbocycles. The number of hydrogen-bond acceptors (Lipinski definition) is 6. The molecule has 0 aliphatic carbocycles. The van der Waals surface area contributed by atoms with E-state index in [1.807, 2.05) is 26.8 Å². The van der Waals surface area contributed by atoms with Gasteiger partial charge < -0.3 is 14.2 Å². The van der Waals surface area contributed by atoms with Crippen molar-refractivity contribution >= 4 is 34.6 Å². The Morgan fingerprint density at radius 1 is 1.09 bits per heavy atom. The third-order valence-corrected chi connectivity index (χ3v) is 5.85. The molecule has 0 N–H and O–H groups in total. The number of anilines is 1. The largest absolute Gasteiger partial charge is 0.461 e. The van der Waals surface area contributed by atoms with Gasteiger partial charge in [0.15, 0.2) is 0 Å². The van der Waals surface area contributed by atoms with E-state index in [0.717, 1.165) is 5.56 Å². The van der Waals surface area contributed by atoms with Gasteiger partial charge in [-0.3, -0.25) is 14.3 Å². The first-order chi connectivity index (χ1) is 16.2. The van der Waals surface area contributed by atoms with Crippen LogP contribution in [0, 0.1) is 0 Å². The van der Waals surface area contributed by atoms with Crippen molar-refractivity contribution < 1.29 is 28.6 Å². The third-order valence-electron chi connectivity index (χ3n) is 5.85. The minimum atomic E-state index is -0.648. The highest BCUT2D eigenvalue weighted by molar-refractivity contribution is 6.10. The standard InChI is InChI=1S/C26H26N2O6/c1-5-32-24(30)19-13-16-17(28(19)23(29)15-9-7-6-8-10-15)11-12-18-21(16)22-20(33-22)14-27(18)25(31)34-26(2,3)4/h6-13,20,22H,5,14H2,1-4H3. The van der Waals surface area contributed by atoms with Crippen molar-refractivity contribution in [2.45, 2.75) is 45.5 Å². The van der Waals surface area contributed by atoms with E-state index in [-0.39, 0.29) is 30.4 Å². The summed E-state index contributed by atoms with van der Waals surface area (Å²) >= 11 is 0. The quantitative estimate of drug-likeness (QED) is 0.414. The fourth-order valence-corrected chi connectivity index (χ4v) is 4.41. The molecule has 34 heavy (non-hydrogen) atoms. The van der Waals surface area contributed by atoms with Crippen LogP contribution >= 0.6 is 0 Å². The SMILES string of the molecule is CCOC(=O)c1cc2c3c(ccc2n1C(=O)c1ccccc1)N(C(=O)OC(C)(C)C)CC1OC31. The van der Waals surface area contributed by atoms with Crippen molar-refractivity contribution in [2.24, 2.45) is 0 Å². The minimum Gasteiger partial charge on any atom is -0.461 e. The molecule has 2 aromatic carbocycles. The fourth-order valence-electron chi connectivity index (χ4n) is 4.41. The van der Waals surface area contributed by atoms with Crippen LogP contribution in [-0.4, -0.2) is 47.4 Å². The van der Waals surface area contributed by atoms with Gasteiger partial charge in [-0.2, -0.15) is 0 Å². The first-order valence-corrected chi connectivity index (χ1v) is 11.3. The van der Waals surface area contributed by atoms with Crippen LogP contribution in [0.15, 0.2) is 48.5 Å². The number of epoxide rings is 1. The smallest absolute Gasteiger partial charge is 0.414 e. The van der Waals surface area contributed by atoms with Gasteiger partial charge in [0.1, 0.15) is 23.5 Å². The molecule has 8 heteroatoms. The molecule has 0 spiro atoms. The fraction of sp³-hybridized carbons (Fsp3) is 0.346. The Balaban J connectivity index is 1.68. The van der Waals surface area contributed by atoms with Crippen molar-refractivity contribution in [1.29, 1.82) is 0 Å². The van der Waals surface area contributed by atoms with Gasteiger partial charge in [0.05, 0.1) is 24.4 Å². The van der Waals surface area contributed by atoms with Gasteiger partial charge in [0.2, 0.25) is 0 Å². The highest BCUT2D eigenvalue weighted by Crippen LogP contribution is 2.51. The lowest BCUT2D eigenvalue weighted by Crippen LogP contribution is -2.41. The molecule has 3 aromatic rings. The molecule has 0 radical (unpaired) electrons. The van der Waals surface area contributed by atoms with Gasteiger partial charge in [0, 0.05) is 16.5 Å². The van der Waals surface area contributed by atoms with E-state index >= 15 is 0 Å². The zero-order valence-electron chi connectivity index (χ0n) is 19.5. The zero-order chi connectivity index (χ0) is 24.2. The molecule has 8 nitrogen and oxygen atoms in total. The molecule has 2 aliphatic heterocycles. The summed E-state index contributed by atoms with van der Waals surface area (Å²) in [4.78, 5) is 40.8. The molecule has 2 aliphatic rings. The van der Waals surface area contributed by atoms with Crippen LogP contribution in [0.4, 0.5) is 10.5 Å². The maximum Gasteiger partial charge on any atom is 0.414 e. The molecule has 0 bridgehead atoms. The normalized spacial score (nSPS) is 18.8. The predicted octanol–water partition coefficient (Wildman–Crippen LogP) is 4.70. The molecule has 2 unspecified atom stereocenters. The number of hydrogen-bond donors (Lipinski definition) is 0. The Kier molecular flexibility index (Phi) is 5.20. The molecule has 5 rings (SSSR count). The van der Waals surface area contributed by atoms with Gasteiger partial charge in [-0.15, -0.1) is 0 Å². The van der Waals surface area contributed by atoms with Crippen LogP contribution in [0.1, 0.15) is 60.2 Å². The number of amides is 1. The summed E-state index contributed by atoms with van der Waals surface area (Å²) in [6.07, 6.45) is -0.840. The number of esters is 1. The predicted molar refractivity (Wildman–Crippen MR) is 125 cm³/mol. The van der Waals surface area contributed by atoms with Crippen molar-refractivity contribution in [3.8, 4) is 0 Å². The third kappa shape index (κ3) is 3.74. The van der Waals surface area contributed by atoms with Crippen molar-refractivity contribution in [3.63, 3.8) is 0 Å². The highest BCUT2D eigenvalue weighted by atomic mass is 16.6. The molecule has 3 heterocycles. The number of carbonyl (C=O) groups excluding carboxylic acids is 3. The summed E-state index contributed by atoms with van der Waals surface area (Å²) < 4.78 is 18.1. The van der Waals surface area contributed by atoms with Crippen LogP contribution in [0.25, 0.3) is 10.9 Å². The number of carbonyl (C=O) groups is 3. The van der Waals surface area contributed by atoms with Gasteiger partial charge in [0.25, 0.3) is 5.91 Å². The van der Waals surface area contributed by atoms with Crippen LogP contribution in [0.5, 0.6) is 0 Å². The molecular formula is C26H26N2O6. The molecule has 1 fully saturated rings. The lowest BCUT2D eigenvalue weighted by Gasteiger charge is -2.30. The maximum atomic E-state index is 13.5. The van der Waals surface area contributed by atoms with Gasteiger partial charge in [-0.1, -0.05) is 18.2 Å². The van der Waals surface area contributed by atoms with Crippen LogP contribution in [0.2, 0.25) is 0 Å². The highest BCUT2D eigenvalue weighted by Gasteiger charge is 2.50. The van der Waals surface area contributed by atoms with E-state index in [2.05, 4.69) is 0 Å². The Morgan fingerprint density at radius 2 is 1.82 bits per heavy atom. The van der Waals surface area contributed by atoms with E-state index in [1.165, 1.54) is 4.57 Å². The first-order valence-electron chi connectivity index (χ1n) is 11.3. The minimum absolute atomic E-state index is 0.130. The zero-order valence-corrected chi connectivity index (χ0v) is 19.5. The van der Waals surface area contributed by atoms with Crippen LogP contribution in [-0.2, 0) is 14.2 Å². The number of aromatic nitrogens is 1. The van der Waals surface area contributed by atoms with Crippen molar-refractivity contribution in [2.75, 3.05) is 18.1 Å². The lowest BCUT2D eigenvalue weighted by molar-refractivity contribution is 0.0509. The Bertz CT molecular complexity index is 1300. The average molecular weight is 463 g/mol. The molecule has 2 atom stereocenters. The summed E-state index contributed by atoms with van der Waals surface area (Å²) in [5.74, 6) is -0.934. The molecule has 176 valence electrons. The molecular weight excluding hydrogens is 436 g/mol. The van der Waals surface area contributed by atoms with Gasteiger partial charge in [-0.05, 0) is 58.0 Å². The summed E-state index contributed by atoms with van der Waals surface area (Å²) in [7, 11) is 0. The van der Waals surface area contributed by atoms with Crippen molar-refractivity contribution in [1.82, 2.24) is 4.57 Å². The summed E-state index contributed by atoms with van der Waals surface area (Å²) in [5, 5.41) is 0.672. The van der Waals surface area contributed by atoms with E-state index in [9.17, 15) is 14.4 Å². The Hall–Kier alpha value is -3.65. The molecule has 1 saturated heterocycles. The number of rotatable bonds is 3. The average Bonchev–Trinajstić information content (AvgIpc) is 3.47. The topological polar surface area (TPSA) is 90.4 Å². The van der Waals surface area contributed by atoms with Crippen LogP contribution in [0.3, 0.4) is 0 Å². The van der Waals surface area contributed by atoms with E-state index in [1.54, 1.807) is 54.3 Å². The summed E-state index contributed by atoms with van der Waals surface area (Å²) in [6.45, 7) is 7.72. The molecule has 1 aromatic heterocycles. The second-order valence-electron chi connectivity index (χ2n) is 9.37. The second-order valence-corrected chi connectivity index (χ2v) is 9.37. The summed E-state index contributed by atoms with van der Waals surface area (Å²) in [6, 6.07) is 13.9. The van der Waals surface area contributed by atoms with E-state index < -0.39 is 17.7 Å². The number of benzene rings is 2. The van der Waals surface area contributed by atoms with Crippen LogP contribution < -0.4 is 4.90 Å². The Labute approximate surface area is 197 Å². The van der Waals surface area contributed by atoms with Gasteiger partial charge >= 0.3 is 12.1 Å². The first kappa shape index (κ1) is 22.2. The number of nitrogens with zero attached hydrogens (tertiary/aromatic N) is 2.